The van der Waals surface area contributed by atoms with Crippen LogP contribution in [0.1, 0.15) is 60.1 Å². The van der Waals surface area contributed by atoms with Crippen molar-refractivity contribution >= 4 is 28.8 Å². The van der Waals surface area contributed by atoms with Crippen LogP contribution >= 0.6 is 0 Å². The van der Waals surface area contributed by atoms with Gasteiger partial charge >= 0.3 is 0 Å². The Balaban J connectivity index is 1.52. The second-order valence-electron chi connectivity index (χ2n) is 11.0. The molecular formula is C37H37N3O3. The first kappa shape index (κ1) is 28.3. The van der Waals surface area contributed by atoms with Gasteiger partial charge in [-0.2, -0.15) is 0 Å². The highest BCUT2D eigenvalue weighted by Crippen LogP contribution is 2.48. The van der Waals surface area contributed by atoms with Crippen LogP contribution in [0.3, 0.4) is 0 Å². The topological polar surface area (TPSA) is 61.9 Å². The van der Waals surface area contributed by atoms with E-state index in [1.54, 1.807) is 7.11 Å². The van der Waals surface area contributed by atoms with E-state index in [-0.39, 0.29) is 17.6 Å². The van der Waals surface area contributed by atoms with Gasteiger partial charge in [0.1, 0.15) is 5.75 Å². The van der Waals surface area contributed by atoms with Gasteiger partial charge in [-0.05, 0) is 85.8 Å². The summed E-state index contributed by atoms with van der Waals surface area (Å²) in [6, 6.07) is 32.9. The molecule has 1 amide bonds. The number of fused-ring (bicyclic) bond motifs is 1. The molecule has 6 heteroatoms. The predicted molar refractivity (Wildman–Crippen MR) is 173 cm³/mol. The lowest BCUT2D eigenvalue weighted by Gasteiger charge is -2.35. The fourth-order valence-corrected chi connectivity index (χ4v) is 6.42. The maximum Gasteiger partial charge on any atom is 0.259 e. The first-order valence-corrected chi connectivity index (χ1v) is 15.0. The Kier molecular flexibility index (Phi) is 8.01. The number of para-hydroxylation sites is 2. The van der Waals surface area contributed by atoms with Gasteiger partial charge in [-0.25, -0.2) is 0 Å². The first-order valence-electron chi connectivity index (χ1n) is 15.0. The van der Waals surface area contributed by atoms with Crippen LogP contribution in [0.5, 0.6) is 5.75 Å². The molecule has 0 saturated carbocycles. The molecule has 0 fully saturated rings. The molecule has 4 aromatic rings. The number of nitrogens with one attached hydrogen (secondary N) is 1. The fraction of sp³-hybridized carbons (Fsp3) is 0.243. The summed E-state index contributed by atoms with van der Waals surface area (Å²) in [6.45, 7) is 6.08. The molecule has 43 heavy (non-hydrogen) atoms. The summed E-state index contributed by atoms with van der Waals surface area (Å²) < 4.78 is 5.36. The van der Waals surface area contributed by atoms with Crippen molar-refractivity contribution in [3.8, 4) is 5.75 Å². The molecule has 0 saturated heterocycles. The monoisotopic (exact) mass is 571 g/mol. The van der Waals surface area contributed by atoms with E-state index < -0.39 is 6.04 Å². The van der Waals surface area contributed by atoms with Gasteiger partial charge in [0.2, 0.25) is 0 Å². The number of ether oxygens (including phenoxy) is 1. The number of amides is 1. The second kappa shape index (κ2) is 12.2. The molecule has 0 unspecified atom stereocenters. The van der Waals surface area contributed by atoms with E-state index in [1.807, 2.05) is 83.8 Å². The first-order chi connectivity index (χ1) is 21.0. The number of methoxy groups -OCH3 is 1. The minimum Gasteiger partial charge on any atom is -0.497 e. The largest absolute Gasteiger partial charge is 0.497 e. The Morgan fingerprint density at radius 2 is 1.49 bits per heavy atom. The zero-order valence-electron chi connectivity index (χ0n) is 24.9. The Labute approximate surface area is 253 Å². The molecule has 2 atom stereocenters. The van der Waals surface area contributed by atoms with Crippen LogP contribution in [-0.4, -0.2) is 31.9 Å². The van der Waals surface area contributed by atoms with Gasteiger partial charge in [0.15, 0.2) is 5.78 Å². The third-order valence-electron chi connectivity index (χ3n) is 8.65. The van der Waals surface area contributed by atoms with E-state index >= 15 is 0 Å². The smallest absolute Gasteiger partial charge is 0.259 e. The Morgan fingerprint density at radius 1 is 0.837 bits per heavy atom. The maximum atomic E-state index is 14.4. The number of carbonyl (C=O) groups is 2. The van der Waals surface area contributed by atoms with Crippen molar-refractivity contribution < 1.29 is 14.3 Å². The van der Waals surface area contributed by atoms with Crippen molar-refractivity contribution in [1.29, 1.82) is 0 Å². The van der Waals surface area contributed by atoms with Crippen LogP contribution < -0.4 is 19.9 Å². The molecule has 0 aromatic heterocycles. The lowest BCUT2D eigenvalue weighted by Crippen LogP contribution is -2.38. The summed E-state index contributed by atoms with van der Waals surface area (Å²) in [7, 11) is 1.65. The summed E-state index contributed by atoms with van der Waals surface area (Å²) in [5.41, 5.74) is 6.77. The van der Waals surface area contributed by atoms with Crippen molar-refractivity contribution in [1.82, 2.24) is 0 Å². The predicted octanol–water partition coefficient (Wildman–Crippen LogP) is 7.76. The molecule has 2 aliphatic rings. The van der Waals surface area contributed by atoms with Crippen molar-refractivity contribution in [2.75, 3.05) is 35.3 Å². The number of rotatable bonds is 7. The van der Waals surface area contributed by atoms with Gasteiger partial charge < -0.3 is 15.0 Å². The number of Topliss-reactive ketones (excluding diaryl/α,β-unsaturated/α-hetero) is 1. The van der Waals surface area contributed by atoms with Gasteiger partial charge in [0.25, 0.3) is 5.91 Å². The van der Waals surface area contributed by atoms with E-state index in [1.165, 1.54) is 0 Å². The molecule has 0 bridgehead atoms. The molecule has 0 radical (unpaired) electrons. The number of carbonyl (C=O) groups excluding carboxylic acids is 2. The SMILES string of the molecule is CCN(CC)c1ccc([C@@H]2C3=C(C[C@H](c4ccc(OC)cc4)CC3=O)Nc3ccccc3N2C(=O)c2ccccc2)cc1. The molecule has 1 aliphatic carbocycles. The van der Waals surface area contributed by atoms with Crippen LogP contribution in [0.2, 0.25) is 0 Å². The minimum atomic E-state index is -0.589. The quantitative estimate of drug-likeness (QED) is 0.246. The molecule has 1 N–H and O–H groups in total. The molecule has 0 spiro atoms. The Morgan fingerprint density at radius 3 is 2.16 bits per heavy atom. The van der Waals surface area contributed by atoms with Gasteiger partial charge in [0, 0.05) is 42.0 Å². The Hall–Kier alpha value is -4.84. The molecule has 218 valence electrons. The summed E-state index contributed by atoms with van der Waals surface area (Å²) in [4.78, 5) is 32.9. The normalized spacial score (nSPS) is 17.8. The highest BCUT2D eigenvalue weighted by molar-refractivity contribution is 6.12. The third-order valence-corrected chi connectivity index (χ3v) is 8.65. The number of ketones is 1. The Bertz CT molecular complexity index is 1640. The number of benzene rings is 4. The van der Waals surface area contributed by atoms with E-state index in [4.69, 9.17) is 4.74 Å². The second-order valence-corrected chi connectivity index (χ2v) is 11.0. The van der Waals surface area contributed by atoms with Gasteiger partial charge in [-0.3, -0.25) is 14.5 Å². The molecular weight excluding hydrogens is 534 g/mol. The highest BCUT2D eigenvalue weighted by atomic mass is 16.5. The molecule has 6 nitrogen and oxygen atoms in total. The van der Waals surface area contributed by atoms with Gasteiger partial charge in [0.05, 0.1) is 24.5 Å². The van der Waals surface area contributed by atoms with E-state index in [2.05, 4.69) is 48.3 Å². The fourth-order valence-electron chi connectivity index (χ4n) is 6.42. The van der Waals surface area contributed by atoms with Crippen LogP contribution in [0.15, 0.2) is 114 Å². The van der Waals surface area contributed by atoms with Crippen LogP contribution in [0.25, 0.3) is 0 Å². The summed E-state index contributed by atoms with van der Waals surface area (Å²) >= 11 is 0. The summed E-state index contributed by atoms with van der Waals surface area (Å²) in [5, 5.41) is 3.63. The van der Waals surface area contributed by atoms with Gasteiger partial charge in [-0.15, -0.1) is 0 Å². The number of hydrogen-bond donors (Lipinski definition) is 1. The average molecular weight is 572 g/mol. The third kappa shape index (κ3) is 5.41. The zero-order chi connectivity index (χ0) is 29.9. The number of allylic oxidation sites excluding steroid dienone is 1. The summed E-state index contributed by atoms with van der Waals surface area (Å²) in [5.74, 6) is 0.701. The average Bonchev–Trinajstić information content (AvgIpc) is 3.20. The van der Waals surface area contributed by atoms with E-state index in [0.29, 0.717) is 24.0 Å². The molecule has 4 aromatic carbocycles. The van der Waals surface area contributed by atoms with Crippen LogP contribution in [-0.2, 0) is 4.79 Å². The molecule has 6 rings (SSSR count). The number of anilines is 3. The number of hydrogen-bond acceptors (Lipinski definition) is 5. The van der Waals surface area contributed by atoms with Crippen molar-refractivity contribution in [2.45, 2.75) is 38.6 Å². The lowest BCUT2D eigenvalue weighted by atomic mass is 9.78. The maximum absolute atomic E-state index is 14.4. The molecule has 1 heterocycles. The van der Waals surface area contributed by atoms with Crippen molar-refractivity contribution in [3.63, 3.8) is 0 Å². The minimum absolute atomic E-state index is 0.0129. The highest BCUT2D eigenvalue weighted by Gasteiger charge is 2.42. The van der Waals surface area contributed by atoms with Crippen molar-refractivity contribution in [2.24, 2.45) is 0 Å². The van der Waals surface area contributed by atoms with Crippen LogP contribution in [0, 0.1) is 0 Å². The lowest BCUT2D eigenvalue weighted by molar-refractivity contribution is -0.116. The van der Waals surface area contributed by atoms with E-state index in [0.717, 1.165) is 52.7 Å². The molecule has 1 aliphatic heterocycles. The van der Waals surface area contributed by atoms with Gasteiger partial charge in [-0.1, -0.05) is 54.6 Å². The number of nitrogens with zero attached hydrogens (tertiary/aromatic N) is 2. The van der Waals surface area contributed by atoms with Crippen LogP contribution in [0.4, 0.5) is 17.1 Å². The zero-order valence-corrected chi connectivity index (χ0v) is 24.9. The summed E-state index contributed by atoms with van der Waals surface area (Å²) in [6.07, 6.45) is 1.02. The standard InChI is InChI=1S/C37H37N3O3/c1-4-39(5-2)29-19-15-26(16-20-29)36-35-32(23-28(24-34(35)41)25-17-21-30(43-3)22-18-25)38-31-13-9-10-14-33(31)40(36)37(42)27-11-7-6-8-12-27/h6-22,28,36,38H,4-5,23-24H2,1-3H3/t28-,36+/m0/s1. The van der Waals surface area contributed by atoms with Crippen molar-refractivity contribution in [3.05, 3.63) is 131 Å². The van der Waals surface area contributed by atoms with E-state index in [9.17, 15) is 9.59 Å².